The highest BCUT2D eigenvalue weighted by Crippen LogP contribution is 1.95. The molecule has 0 spiro atoms. The highest BCUT2D eigenvalue weighted by Gasteiger charge is 2.12. The largest absolute Gasteiger partial charge is 0.465 e. The summed E-state index contributed by atoms with van der Waals surface area (Å²) in [6.45, 7) is 2.93. The molecule has 5 heteroatoms. The van der Waals surface area contributed by atoms with Gasteiger partial charge in [-0.15, -0.1) is 0 Å². The van der Waals surface area contributed by atoms with E-state index in [1.165, 1.54) is 4.90 Å². The van der Waals surface area contributed by atoms with E-state index < -0.39 is 0 Å². The second kappa shape index (κ2) is 8.23. The first kappa shape index (κ1) is 13.9. The third kappa shape index (κ3) is 6.90. The molecule has 0 radical (unpaired) electrons. The number of esters is 1. The summed E-state index contributed by atoms with van der Waals surface area (Å²) in [4.78, 5) is 23.9. The molecule has 1 N–H and O–H groups in total. The van der Waals surface area contributed by atoms with Crippen LogP contribution in [0, 0.1) is 0 Å². The summed E-state index contributed by atoms with van der Waals surface area (Å²) in [7, 11) is 3.45. The molecule has 5 nitrogen and oxygen atoms in total. The number of hydrogen-bond donors (Lipinski definition) is 1. The molecule has 0 rings (SSSR count). The Bertz CT molecular complexity index is 207. The van der Waals surface area contributed by atoms with Crippen LogP contribution in [-0.4, -0.2) is 50.6 Å². The molecular weight excluding hydrogens is 196 g/mol. The molecule has 0 aromatic heterocycles. The van der Waals surface area contributed by atoms with Gasteiger partial charge in [0.15, 0.2) is 0 Å². The lowest BCUT2D eigenvalue weighted by Gasteiger charge is -2.15. The molecule has 0 aliphatic rings. The number of nitrogens with one attached hydrogen (secondary N) is 1. The summed E-state index contributed by atoms with van der Waals surface area (Å²) in [5.41, 5.74) is 0. The van der Waals surface area contributed by atoms with Gasteiger partial charge in [-0.2, -0.15) is 0 Å². The van der Waals surface area contributed by atoms with Crippen molar-refractivity contribution in [1.82, 2.24) is 10.2 Å². The Morgan fingerprint density at radius 1 is 1.40 bits per heavy atom. The average molecular weight is 216 g/mol. The second-order valence-electron chi connectivity index (χ2n) is 3.26. The quantitative estimate of drug-likeness (QED) is 0.481. The number of nitrogens with zero attached hydrogens (tertiary/aromatic N) is 1. The number of carbonyl (C=O) groups is 2. The Hall–Kier alpha value is -1.10. The predicted octanol–water partition coefficient (Wildman–Crippen LogP) is 0.00750. The van der Waals surface area contributed by atoms with Crippen molar-refractivity contribution in [2.75, 3.05) is 33.8 Å². The van der Waals surface area contributed by atoms with Gasteiger partial charge in [-0.1, -0.05) is 0 Å². The van der Waals surface area contributed by atoms with Gasteiger partial charge in [0.2, 0.25) is 5.91 Å². The van der Waals surface area contributed by atoms with E-state index in [4.69, 9.17) is 4.74 Å². The van der Waals surface area contributed by atoms with Crippen LogP contribution in [0.15, 0.2) is 0 Å². The van der Waals surface area contributed by atoms with Gasteiger partial charge in [0, 0.05) is 13.5 Å². The minimum Gasteiger partial charge on any atom is -0.465 e. The van der Waals surface area contributed by atoms with Gasteiger partial charge in [0.1, 0.15) is 6.54 Å². The van der Waals surface area contributed by atoms with Crippen LogP contribution in [0.25, 0.3) is 0 Å². The molecule has 0 atom stereocenters. The first-order chi connectivity index (χ1) is 7.11. The summed E-state index contributed by atoms with van der Waals surface area (Å²) >= 11 is 0. The van der Waals surface area contributed by atoms with Gasteiger partial charge < -0.3 is 15.0 Å². The molecule has 0 saturated carbocycles. The summed E-state index contributed by atoms with van der Waals surface area (Å²) < 4.78 is 4.74. The maximum absolute atomic E-state index is 11.4. The van der Waals surface area contributed by atoms with Gasteiger partial charge in [0.25, 0.3) is 0 Å². The molecule has 0 fully saturated rings. The normalized spacial score (nSPS) is 9.80. The third-order valence-electron chi connectivity index (χ3n) is 1.91. The van der Waals surface area contributed by atoms with Gasteiger partial charge >= 0.3 is 5.97 Å². The predicted molar refractivity (Wildman–Crippen MR) is 57.4 cm³/mol. The number of likely N-dealkylation sites (N-methyl/N-ethyl adjacent to an activating group) is 1. The van der Waals surface area contributed by atoms with E-state index in [1.807, 2.05) is 7.05 Å². The fourth-order valence-electron chi connectivity index (χ4n) is 1.10. The Kier molecular flexibility index (Phi) is 7.62. The van der Waals surface area contributed by atoms with Gasteiger partial charge in [-0.3, -0.25) is 9.59 Å². The van der Waals surface area contributed by atoms with Crippen LogP contribution in [-0.2, 0) is 14.3 Å². The summed E-state index contributed by atoms with van der Waals surface area (Å²) in [6, 6.07) is 0. The molecule has 0 aliphatic heterocycles. The Morgan fingerprint density at radius 3 is 2.60 bits per heavy atom. The molecule has 0 unspecified atom stereocenters. The Morgan fingerprint density at radius 2 is 2.07 bits per heavy atom. The number of rotatable bonds is 7. The minimum atomic E-state index is -0.359. The van der Waals surface area contributed by atoms with Crippen LogP contribution in [0.5, 0.6) is 0 Å². The van der Waals surface area contributed by atoms with Gasteiger partial charge in [-0.25, -0.2) is 0 Å². The molecule has 88 valence electrons. The molecule has 0 saturated heterocycles. The maximum atomic E-state index is 11.4. The smallest absolute Gasteiger partial charge is 0.325 e. The van der Waals surface area contributed by atoms with Crippen molar-refractivity contribution in [3.63, 3.8) is 0 Å². The van der Waals surface area contributed by atoms with Crippen LogP contribution in [0.1, 0.15) is 19.8 Å². The van der Waals surface area contributed by atoms with Crippen LogP contribution >= 0.6 is 0 Å². The van der Waals surface area contributed by atoms with Crippen molar-refractivity contribution < 1.29 is 14.3 Å². The molecule has 15 heavy (non-hydrogen) atoms. The van der Waals surface area contributed by atoms with Gasteiger partial charge in [-0.05, 0) is 26.9 Å². The van der Waals surface area contributed by atoms with E-state index in [0.29, 0.717) is 13.0 Å². The highest BCUT2D eigenvalue weighted by molar-refractivity contribution is 5.81. The molecular formula is C10H20N2O3. The average Bonchev–Trinajstić information content (AvgIpc) is 2.18. The number of carbonyl (C=O) groups excluding carboxylic acids is 2. The van der Waals surface area contributed by atoms with E-state index in [9.17, 15) is 9.59 Å². The third-order valence-corrected chi connectivity index (χ3v) is 1.91. The van der Waals surface area contributed by atoms with E-state index in [1.54, 1.807) is 14.0 Å². The fraction of sp³-hybridized carbons (Fsp3) is 0.800. The lowest BCUT2D eigenvalue weighted by atomic mass is 10.3. The Balaban J connectivity index is 3.73. The van der Waals surface area contributed by atoms with E-state index in [0.717, 1.165) is 13.0 Å². The lowest BCUT2D eigenvalue weighted by Crippen LogP contribution is -2.33. The van der Waals surface area contributed by atoms with Crippen molar-refractivity contribution in [3.8, 4) is 0 Å². The second-order valence-corrected chi connectivity index (χ2v) is 3.26. The van der Waals surface area contributed by atoms with Crippen molar-refractivity contribution in [3.05, 3.63) is 0 Å². The zero-order valence-electron chi connectivity index (χ0n) is 9.71. The van der Waals surface area contributed by atoms with Crippen molar-refractivity contribution in [2.24, 2.45) is 0 Å². The summed E-state index contributed by atoms with van der Waals surface area (Å²) in [5.74, 6) is -0.389. The maximum Gasteiger partial charge on any atom is 0.325 e. The molecule has 0 aromatic carbocycles. The molecule has 0 aliphatic carbocycles. The van der Waals surface area contributed by atoms with Gasteiger partial charge in [0.05, 0.1) is 6.61 Å². The minimum absolute atomic E-state index is 0.0293. The van der Waals surface area contributed by atoms with E-state index in [-0.39, 0.29) is 18.4 Å². The first-order valence-electron chi connectivity index (χ1n) is 5.16. The van der Waals surface area contributed by atoms with Crippen LogP contribution in [0.2, 0.25) is 0 Å². The zero-order chi connectivity index (χ0) is 11.7. The SMILES string of the molecule is CCOC(=O)CN(C)C(=O)CCCNC. The monoisotopic (exact) mass is 216 g/mol. The van der Waals surface area contributed by atoms with Crippen LogP contribution in [0.4, 0.5) is 0 Å². The fourth-order valence-corrected chi connectivity index (χ4v) is 1.10. The van der Waals surface area contributed by atoms with Crippen molar-refractivity contribution >= 4 is 11.9 Å². The number of ether oxygens (including phenoxy) is 1. The summed E-state index contributed by atoms with van der Waals surface area (Å²) in [5, 5.41) is 2.96. The van der Waals surface area contributed by atoms with E-state index >= 15 is 0 Å². The number of amides is 1. The van der Waals surface area contributed by atoms with E-state index in [2.05, 4.69) is 5.32 Å². The van der Waals surface area contributed by atoms with Crippen LogP contribution < -0.4 is 5.32 Å². The molecule has 1 amide bonds. The molecule has 0 aromatic rings. The lowest BCUT2D eigenvalue weighted by molar-refractivity contribution is -0.148. The summed E-state index contributed by atoms with van der Waals surface area (Å²) in [6.07, 6.45) is 1.24. The molecule has 0 bridgehead atoms. The first-order valence-corrected chi connectivity index (χ1v) is 5.16. The van der Waals surface area contributed by atoms with Crippen molar-refractivity contribution in [1.29, 1.82) is 0 Å². The standard InChI is InChI=1S/C10H20N2O3/c1-4-15-10(14)8-12(3)9(13)6-5-7-11-2/h11H,4-8H2,1-3H3. The zero-order valence-corrected chi connectivity index (χ0v) is 9.71. The van der Waals surface area contributed by atoms with Crippen LogP contribution in [0.3, 0.4) is 0 Å². The topological polar surface area (TPSA) is 58.6 Å². The Labute approximate surface area is 90.8 Å². The highest BCUT2D eigenvalue weighted by atomic mass is 16.5. The van der Waals surface area contributed by atoms with Crippen molar-refractivity contribution in [2.45, 2.75) is 19.8 Å². The number of hydrogen-bond acceptors (Lipinski definition) is 4. The molecule has 0 heterocycles.